The van der Waals surface area contributed by atoms with E-state index in [-0.39, 0.29) is 17.4 Å². The van der Waals surface area contributed by atoms with Crippen molar-refractivity contribution in [2.24, 2.45) is 17.8 Å². The zero-order chi connectivity index (χ0) is 12.1. The Morgan fingerprint density at radius 1 is 0.933 bits per heavy atom. The molecule has 0 fully saturated rings. The number of hydrogen-bond donors (Lipinski definition) is 0. The van der Waals surface area contributed by atoms with E-state index in [2.05, 4.69) is 55.4 Å². The van der Waals surface area contributed by atoms with Gasteiger partial charge >= 0.3 is 17.4 Å². The average molecular weight is 224 g/mol. The zero-order valence-corrected chi connectivity index (χ0v) is 12.7. The first-order chi connectivity index (χ1) is 6.23. The Hall–Kier alpha value is 0.272. The van der Waals surface area contributed by atoms with Gasteiger partial charge in [-0.15, -0.1) is 0 Å². The minimum atomic E-state index is 0. The molecule has 0 aromatic carbocycles. The molecule has 0 aliphatic heterocycles. The van der Waals surface area contributed by atoms with E-state index >= 15 is 0 Å². The maximum Gasteiger partial charge on any atom is 3.00 e. The van der Waals surface area contributed by atoms with E-state index in [1.54, 1.807) is 6.08 Å². The summed E-state index contributed by atoms with van der Waals surface area (Å²) in [6.07, 6.45) is 2.73. The molecule has 1 heteroatoms. The molecule has 0 N–H and O–H groups in total. The monoisotopic (exact) mass is 224 g/mol. The second kappa shape index (κ2) is 19.8. The van der Waals surface area contributed by atoms with Gasteiger partial charge in [0.1, 0.15) is 0 Å². The van der Waals surface area contributed by atoms with Gasteiger partial charge in [0, 0.05) is 0 Å². The largest absolute Gasteiger partial charge is 3.00 e. The van der Waals surface area contributed by atoms with Crippen molar-refractivity contribution in [2.75, 3.05) is 0 Å². The molecule has 0 saturated heterocycles. The van der Waals surface area contributed by atoms with Crippen LogP contribution in [0.25, 0.3) is 0 Å². The normalized spacial score (nSPS) is 8.47. The van der Waals surface area contributed by atoms with Crippen LogP contribution in [0.1, 0.15) is 48.0 Å². The second-order valence-corrected chi connectivity index (χ2v) is 4.65. The Labute approximate surface area is 110 Å². The minimum Gasteiger partial charge on any atom is -0.518 e. The van der Waals surface area contributed by atoms with E-state index in [1.165, 1.54) is 0 Å². The van der Waals surface area contributed by atoms with Crippen LogP contribution in [0.3, 0.4) is 0 Å². The molecular weight excluding hydrogens is 195 g/mol. The molecule has 0 nitrogen and oxygen atoms in total. The summed E-state index contributed by atoms with van der Waals surface area (Å²) in [5.41, 5.74) is 0. The van der Waals surface area contributed by atoms with Crippen molar-refractivity contribution in [3.8, 4) is 0 Å². The van der Waals surface area contributed by atoms with Crippen molar-refractivity contribution in [2.45, 2.75) is 48.0 Å². The van der Waals surface area contributed by atoms with E-state index in [4.69, 9.17) is 6.58 Å². The van der Waals surface area contributed by atoms with Crippen LogP contribution in [-0.4, -0.2) is 17.4 Å². The van der Waals surface area contributed by atoms with Gasteiger partial charge in [-0.2, -0.15) is 11.8 Å². The summed E-state index contributed by atoms with van der Waals surface area (Å²) in [5, 5.41) is 0. The molecule has 0 amide bonds. The summed E-state index contributed by atoms with van der Waals surface area (Å²) in [5.74, 6) is 1.88. The van der Waals surface area contributed by atoms with Crippen LogP contribution in [0.5, 0.6) is 0 Å². The van der Waals surface area contributed by atoms with Gasteiger partial charge in [-0.3, -0.25) is 6.08 Å². The SMILES string of the molecule is [Al+3].[CH-]=CCC(C)C.[CH2-]C(C)C.[CH2-]C(C)C. The molecule has 0 atom stereocenters. The van der Waals surface area contributed by atoms with Gasteiger partial charge in [0.05, 0.1) is 0 Å². The third-order valence-corrected chi connectivity index (χ3v) is 0.607. The van der Waals surface area contributed by atoms with Gasteiger partial charge in [0.15, 0.2) is 0 Å². The summed E-state index contributed by atoms with van der Waals surface area (Å²) in [6.45, 7) is 24.9. The van der Waals surface area contributed by atoms with Crippen LogP contribution in [0.2, 0.25) is 0 Å². The first kappa shape index (κ1) is 24.5. The summed E-state index contributed by atoms with van der Waals surface area (Å²) in [6, 6.07) is 0. The quantitative estimate of drug-likeness (QED) is 0.475. The fourth-order valence-corrected chi connectivity index (χ4v) is 0.272. The van der Waals surface area contributed by atoms with Crippen LogP contribution >= 0.6 is 0 Å². The molecule has 0 saturated carbocycles. The molecular formula is C14H29Al. The fourth-order valence-electron chi connectivity index (χ4n) is 0.272. The molecule has 0 aromatic rings. The van der Waals surface area contributed by atoms with Crippen LogP contribution < -0.4 is 0 Å². The van der Waals surface area contributed by atoms with E-state index in [0.717, 1.165) is 12.3 Å². The van der Waals surface area contributed by atoms with Crippen LogP contribution in [0, 0.1) is 38.2 Å². The summed E-state index contributed by atoms with van der Waals surface area (Å²) >= 11 is 0. The molecule has 0 aliphatic carbocycles. The Morgan fingerprint density at radius 2 is 1.13 bits per heavy atom. The Bertz CT molecular complexity index is 82.0. The van der Waals surface area contributed by atoms with Gasteiger partial charge < -0.3 is 20.4 Å². The fraction of sp³-hybridized carbons (Fsp3) is 0.714. The molecule has 0 bridgehead atoms. The van der Waals surface area contributed by atoms with Gasteiger partial charge in [0.2, 0.25) is 0 Å². The summed E-state index contributed by atoms with van der Waals surface area (Å²) in [7, 11) is 0. The third-order valence-electron chi connectivity index (χ3n) is 0.607. The van der Waals surface area contributed by atoms with Crippen molar-refractivity contribution >= 4 is 17.4 Å². The number of rotatable bonds is 2. The molecule has 0 aromatic heterocycles. The van der Waals surface area contributed by atoms with Gasteiger partial charge in [-0.1, -0.05) is 48.0 Å². The predicted octanol–water partition coefficient (Wildman–Crippen LogP) is 4.59. The van der Waals surface area contributed by atoms with Crippen molar-refractivity contribution in [3.63, 3.8) is 0 Å². The molecule has 0 radical (unpaired) electrons. The molecule has 0 aliphatic rings. The van der Waals surface area contributed by atoms with E-state index < -0.39 is 0 Å². The third kappa shape index (κ3) is 201. The predicted molar refractivity (Wildman–Crippen MR) is 74.5 cm³/mol. The molecule has 0 spiro atoms. The van der Waals surface area contributed by atoms with Gasteiger partial charge in [-0.25, -0.2) is 0 Å². The summed E-state index contributed by atoms with van der Waals surface area (Å²) < 4.78 is 0. The molecule has 0 heterocycles. The van der Waals surface area contributed by atoms with Gasteiger partial charge in [-0.05, 0) is 5.92 Å². The molecule has 0 unspecified atom stereocenters. The Kier molecular flexibility index (Phi) is 32.3. The average Bonchev–Trinajstić information content (AvgIpc) is 1.82. The Morgan fingerprint density at radius 3 is 1.13 bits per heavy atom. The van der Waals surface area contributed by atoms with Crippen LogP contribution in [0.15, 0.2) is 6.08 Å². The first-order valence-electron chi connectivity index (χ1n) is 5.43. The molecule has 0 rings (SSSR count). The second-order valence-electron chi connectivity index (χ2n) is 4.65. The van der Waals surface area contributed by atoms with E-state index in [1.807, 2.05) is 0 Å². The topological polar surface area (TPSA) is 0 Å². The standard InChI is InChI=1S/C6H11.2C4H9.Al/c1-4-5-6(2)3;2*1-4(2)3;/h1,4,6H,5H2,2-3H3;2*4H,1H2,2-3H3;/q3*-1;+3. The van der Waals surface area contributed by atoms with Crippen molar-refractivity contribution in [1.82, 2.24) is 0 Å². The van der Waals surface area contributed by atoms with Crippen molar-refractivity contribution in [3.05, 3.63) is 26.5 Å². The summed E-state index contributed by atoms with van der Waals surface area (Å²) in [4.78, 5) is 0. The first-order valence-corrected chi connectivity index (χ1v) is 5.43. The van der Waals surface area contributed by atoms with E-state index in [0.29, 0.717) is 11.8 Å². The Balaban J connectivity index is -0.0000000606. The van der Waals surface area contributed by atoms with Crippen LogP contribution in [-0.2, 0) is 0 Å². The van der Waals surface area contributed by atoms with E-state index in [9.17, 15) is 0 Å². The minimum absolute atomic E-state index is 0. The molecule has 88 valence electrons. The van der Waals surface area contributed by atoms with Crippen LogP contribution in [0.4, 0.5) is 0 Å². The molecule has 15 heavy (non-hydrogen) atoms. The van der Waals surface area contributed by atoms with Crippen molar-refractivity contribution < 1.29 is 0 Å². The maximum atomic E-state index is 5.10. The number of hydrogen-bond acceptors (Lipinski definition) is 0. The van der Waals surface area contributed by atoms with Crippen molar-refractivity contribution in [1.29, 1.82) is 0 Å². The number of allylic oxidation sites excluding steroid dienone is 1. The smallest absolute Gasteiger partial charge is 0.518 e. The zero-order valence-electron chi connectivity index (χ0n) is 11.6. The maximum absolute atomic E-state index is 5.10. The van der Waals surface area contributed by atoms with Gasteiger partial charge in [0.25, 0.3) is 0 Å².